The molecule has 0 saturated carbocycles. The van der Waals surface area contributed by atoms with E-state index in [0.29, 0.717) is 30.3 Å². The highest BCUT2D eigenvalue weighted by atomic mass is 16.1. The van der Waals surface area contributed by atoms with Crippen molar-refractivity contribution in [2.75, 3.05) is 6.54 Å². The van der Waals surface area contributed by atoms with Crippen molar-refractivity contribution in [2.45, 2.75) is 20.4 Å². The van der Waals surface area contributed by atoms with Gasteiger partial charge in [0, 0.05) is 43.4 Å². The van der Waals surface area contributed by atoms with Crippen LogP contribution in [0.5, 0.6) is 0 Å². The highest BCUT2D eigenvalue weighted by molar-refractivity contribution is 5.95. The SMILES string of the molecule is Cc1ccc(C(=O)NCCn2ccnc2-c2ncccn2)c(C)c1. The second kappa shape index (κ2) is 7.04. The Labute approximate surface area is 140 Å². The summed E-state index contributed by atoms with van der Waals surface area (Å²) >= 11 is 0. The van der Waals surface area contributed by atoms with Crippen LogP contribution < -0.4 is 5.32 Å². The highest BCUT2D eigenvalue weighted by Gasteiger charge is 2.10. The van der Waals surface area contributed by atoms with Gasteiger partial charge in [0.15, 0.2) is 11.6 Å². The molecule has 1 aromatic carbocycles. The molecule has 0 radical (unpaired) electrons. The number of hydrogen-bond donors (Lipinski definition) is 1. The number of hydrogen-bond acceptors (Lipinski definition) is 4. The van der Waals surface area contributed by atoms with Gasteiger partial charge in [-0.25, -0.2) is 15.0 Å². The maximum atomic E-state index is 12.3. The maximum Gasteiger partial charge on any atom is 0.251 e. The molecule has 1 N–H and O–H groups in total. The highest BCUT2D eigenvalue weighted by Crippen LogP contribution is 2.12. The minimum atomic E-state index is -0.0647. The number of aromatic nitrogens is 4. The van der Waals surface area contributed by atoms with Crippen LogP contribution in [0.15, 0.2) is 49.1 Å². The van der Waals surface area contributed by atoms with Gasteiger partial charge in [-0.2, -0.15) is 0 Å². The Morgan fingerprint density at radius 3 is 2.67 bits per heavy atom. The van der Waals surface area contributed by atoms with E-state index < -0.39 is 0 Å². The summed E-state index contributed by atoms with van der Waals surface area (Å²) in [4.78, 5) is 25.0. The number of amides is 1. The third-order valence-corrected chi connectivity index (χ3v) is 3.75. The third-order valence-electron chi connectivity index (χ3n) is 3.75. The van der Waals surface area contributed by atoms with Gasteiger partial charge in [0.2, 0.25) is 0 Å². The van der Waals surface area contributed by atoms with Crippen molar-refractivity contribution in [3.63, 3.8) is 0 Å². The number of benzene rings is 1. The predicted octanol–water partition coefficient (Wildman–Crippen LogP) is 2.39. The van der Waals surface area contributed by atoms with E-state index >= 15 is 0 Å². The molecule has 3 rings (SSSR count). The number of imidazole rings is 1. The summed E-state index contributed by atoms with van der Waals surface area (Å²) in [5.74, 6) is 1.20. The normalized spacial score (nSPS) is 10.6. The maximum absolute atomic E-state index is 12.3. The van der Waals surface area contributed by atoms with Crippen molar-refractivity contribution in [3.8, 4) is 11.6 Å². The molecule has 6 nitrogen and oxygen atoms in total. The van der Waals surface area contributed by atoms with Gasteiger partial charge in [-0.15, -0.1) is 0 Å². The Bertz CT molecular complexity index is 842. The molecule has 122 valence electrons. The van der Waals surface area contributed by atoms with E-state index in [1.807, 2.05) is 42.8 Å². The van der Waals surface area contributed by atoms with Crippen LogP contribution in [-0.4, -0.2) is 32.0 Å². The van der Waals surface area contributed by atoms with Crippen molar-refractivity contribution in [2.24, 2.45) is 0 Å². The summed E-state index contributed by atoms with van der Waals surface area (Å²) in [7, 11) is 0. The molecule has 0 bridgehead atoms. The lowest BCUT2D eigenvalue weighted by molar-refractivity contribution is 0.0951. The van der Waals surface area contributed by atoms with E-state index in [1.54, 1.807) is 24.7 Å². The Morgan fingerprint density at radius 1 is 1.12 bits per heavy atom. The van der Waals surface area contributed by atoms with Crippen LogP contribution in [0, 0.1) is 13.8 Å². The smallest absolute Gasteiger partial charge is 0.251 e. The van der Waals surface area contributed by atoms with E-state index in [2.05, 4.69) is 20.3 Å². The Hall–Kier alpha value is -3.02. The zero-order valence-electron chi connectivity index (χ0n) is 13.7. The molecule has 2 aromatic heterocycles. The average molecular weight is 321 g/mol. The minimum absolute atomic E-state index is 0.0647. The van der Waals surface area contributed by atoms with E-state index in [0.717, 1.165) is 11.1 Å². The van der Waals surface area contributed by atoms with Crippen LogP contribution >= 0.6 is 0 Å². The van der Waals surface area contributed by atoms with Gasteiger partial charge in [-0.1, -0.05) is 17.7 Å². The molecule has 0 saturated heterocycles. The van der Waals surface area contributed by atoms with Crippen LogP contribution in [0.25, 0.3) is 11.6 Å². The summed E-state index contributed by atoms with van der Waals surface area (Å²) in [5.41, 5.74) is 2.83. The van der Waals surface area contributed by atoms with Gasteiger partial charge >= 0.3 is 0 Å². The predicted molar refractivity (Wildman–Crippen MR) is 91.5 cm³/mol. The first-order chi connectivity index (χ1) is 11.6. The molecule has 2 heterocycles. The summed E-state index contributed by atoms with van der Waals surface area (Å²) < 4.78 is 1.93. The van der Waals surface area contributed by atoms with Crippen molar-refractivity contribution in [3.05, 3.63) is 65.7 Å². The first-order valence-electron chi connectivity index (χ1n) is 7.79. The molecular weight excluding hydrogens is 302 g/mol. The zero-order valence-corrected chi connectivity index (χ0v) is 13.7. The van der Waals surface area contributed by atoms with Crippen molar-refractivity contribution in [1.82, 2.24) is 24.8 Å². The second-order valence-corrected chi connectivity index (χ2v) is 5.59. The molecule has 6 heteroatoms. The van der Waals surface area contributed by atoms with E-state index in [1.165, 1.54) is 0 Å². The standard InChI is InChI=1S/C18H19N5O/c1-13-4-5-15(14(2)12-13)18(24)22-9-11-23-10-8-21-17(23)16-19-6-3-7-20-16/h3-8,10,12H,9,11H2,1-2H3,(H,22,24). The summed E-state index contributed by atoms with van der Waals surface area (Å²) in [6.45, 7) is 5.07. The molecule has 0 fully saturated rings. The van der Waals surface area contributed by atoms with Crippen LogP contribution in [-0.2, 0) is 6.54 Å². The fraction of sp³-hybridized carbons (Fsp3) is 0.222. The number of nitrogens with zero attached hydrogens (tertiary/aromatic N) is 4. The Morgan fingerprint density at radius 2 is 1.92 bits per heavy atom. The lowest BCUT2D eigenvalue weighted by Gasteiger charge is -2.10. The number of nitrogens with one attached hydrogen (secondary N) is 1. The first kappa shape index (κ1) is 15.9. The lowest BCUT2D eigenvalue weighted by atomic mass is 10.1. The van der Waals surface area contributed by atoms with Crippen molar-refractivity contribution < 1.29 is 4.79 Å². The van der Waals surface area contributed by atoms with Crippen molar-refractivity contribution >= 4 is 5.91 Å². The lowest BCUT2D eigenvalue weighted by Crippen LogP contribution is -2.28. The molecule has 3 aromatic rings. The summed E-state index contributed by atoms with van der Waals surface area (Å²) in [5, 5.41) is 2.95. The third kappa shape index (κ3) is 3.48. The molecule has 0 unspecified atom stereocenters. The quantitative estimate of drug-likeness (QED) is 0.783. The van der Waals surface area contributed by atoms with Crippen molar-refractivity contribution in [1.29, 1.82) is 0 Å². The summed E-state index contributed by atoms with van der Waals surface area (Å²) in [6.07, 6.45) is 6.93. The first-order valence-corrected chi connectivity index (χ1v) is 7.79. The molecule has 1 amide bonds. The largest absolute Gasteiger partial charge is 0.350 e. The van der Waals surface area contributed by atoms with Crippen LogP contribution in [0.4, 0.5) is 0 Å². The molecular formula is C18H19N5O. The molecule has 0 aliphatic rings. The Kier molecular flexibility index (Phi) is 4.65. The van der Waals surface area contributed by atoms with Crippen LogP contribution in [0.1, 0.15) is 21.5 Å². The number of carbonyl (C=O) groups is 1. The molecule has 0 atom stereocenters. The second-order valence-electron chi connectivity index (χ2n) is 5.59. The van der Waals surface area contributed by atoms with Gasteiger partial charge < -0.3 is 9.88 Å². The average Bonchev–Trinajstić information content (AvgIpc) is 3.04. The molecule has 0 spiro atoms. The van der Waals surface area contributed by atoms with Gasteiger partial charge in [0.1, 0.15) is 0 Å². The van der Waals surface area contributed by atoms with Crippen LogP contribution in [0.2, 0.25) is 0 Å². The Balaban J connectivity index is 1.63. The zero-order chi connectivity index (χ0) is 16.9. The van der Waals surface area contributed by atoms with E-state index in [9.17, 15) is 4.79 Å². The minimum Gasteiger partial charge on any atom is -0.350 e. The topological polar surface area (TPSA) is 72.7 Å². The molecule has 0 aliphatic heterocycles. The van der Waals surface area contributed by atoms with Gasteiger partial charge in [-0.05, 0) is 31.5 Å². The van der Waals surface area contributed by atoms with Crippen LogP contribution in [0.3, 0.4) is 0 Å². The number of rotatable bonds is 5. The summed E-state index contributed by atoms with van der Waals surface area (Å²) in [6, 6.07) is 7.58. The van der Waals surface area contributed by atoms with Gasteiger partial charge in [-0.3, -0.25) is 4.79 Å². The molecule has 0 aliphatic carbocycles. The fourth-order valence-corrected chi connectivity index (χ4v) is 2.56. The number of carbonyl (C=O) groups excluding carboxylic acids is 1. The molecule has 24 heavy (non-hydrogen) atoms. The van der Waals surface area contributed by atoms with E-state index in [-0.39, 0.29) is 5.91 Å². The monoisotopic (exact) mass is 321 g/mol. The number of aryl methyl sites for hydroxylation is 2. The van der Waals surface area contributed by atoms with Gasteiger partial charge in [0.25, 0.3) is 5.91 Å². The fourth-order valence-electron chi connectivity index (χ4n) is 2.56. The van der Waals surface area contributed by atoms with E-state index in [4.69, 9.17) is 0 Å². The van der Waals surface area contributed by atoms with Gasteiger partial charge in [0.05, 0.1) is 0 Å².